The molecule has 1 heteroatoms. The lowest BCUT2D eigenvalue weighted by Gasteiger charge is -2.01. The van der Waals surface area contributed by atoms with Gasteiger partial charge in [0.15, 0.2) is 0 Å². The molecule has 0 amide bonds. The third kappa shape index (κ3) is 1.99. The zero-order chi connectivity index (χ0) is 9.80. The summed E-state index contributed by atoms with van der Waals surface area (Å²) in [5.74, 6) is 0. The van der Waals surface area contributed by atoms with Crippen molar-refractivity contribution in [2.24, 2.45) is 0 Å². The van der Waals surface area contributed by atoms with E-state index in [1.807, 2.05) is 12.1 Å². The van der Waals surface area contributed by atoms with Crippen LogP contribution >= 0.6 is 11.8 Å². The Kier molecular flexibility index (Phi) is 2.90. The summed E-state index contributed by atoms with van der Waals surface area (Å²) in [5.41, 5.74) is 2.51. The van der Waals surface area contributed by atoms with Gasteiger partial charge in [-0.15, -0.1) is 11.8 Å². The predicted octanol–water partition coefficient (Wildman–Crippen LogP) is 3.88. The SMILES string of the molecule is CSc1ccc(-c2cc[c]cc2)cc1. The largest absolute Gasteiger partial charge is 0.130 e. The molecule has 0 unspecified atom stereocenters. The van der Waals surface area contributed by atoms with Crippen molar-refractivity contribution in [2.45, 2.75) is 4.90 Å². The molecule has 0 saturated carbocycles. The highest BCUT2D eigenvalue weighted by molar-refractivity contribution is 7.98. The minimum Gasteiger partial charge on any atom is -0.130 e. The first-order valence-corrected chi connectivity index (χ1v) is 5.73. The molecule has 0 saturated heterocycles. The molecule has 1 radical (unpaired) electrons. The molecule has 0 aliphatic rings. The molecule has 2 aromatic carbocycles. The zero-order valence-electron chi connectivity index (χ0n) is 8.03. The Morgan fingerprint density at radius 1 is 0.857 bits per heavy atom. The van der Waals surface area contributed by atoms with Gasteiger partial charge in [-0.2, -0.15) is 0 Å². The van der Waals surface area contributed by atoms with Crippen molar-refractivity contribution in [3.63, 3.8) is 0 Å². The summed E-state index contributed by atoms with van der Waals surface area (Å²) in [7, 11) is 0. The third-order valence-corrected chi connectivity index (χ3v) is 2.89. The molecule has 0 fully saturated rings. The van der Waals surface area contributed by atoms with Gasteiger partial charge in [-0.05, 0) is 35.6 Å². The van der Waals surface area contributed by atoms with Gasteiger partial charge >= 0.3 is 0 Å². The normalized spacial score (nSPS) is 10.1. The van der Waals surface area contributed by atoms with Gasteiger partial charge < -0.3 is 0 Å². The van der Waals surface area contributed by atoms with E-state index in [1.54, 1.807) is 11.8 Å². The summed E-state index contributed by atoms with van der Waals surface area (Å²) in [4.78, 5) is 1.30. The quantitative estimate of drug-likeness (QED) is 0.661. The Bertz CT molecular complexity index is 389. The third-order valence-electron chi connectivity index (χ3n) is 2.14. The second-order valence-electron chi connectivity index (χ2n) is 3.02. The van der Waals surface area contributed by atoms with Crippen molar-refractivity contribution < 1.29 is 0 Å². The van der Waals surface area contributed by atoms with Gasteiger partial charge in [-0.25, -0.2) is 0 Å². The number of benzene rings is 2. The molecule has 14 heavy (non-hydrogen) atoms. The molecule has 0 heterocycles. The Morgan fingerprint density at radius 3 is 2.00 bits per heavy atom. The summed E-state index contributed by atoms with van der Waals surface area (Å²) in [6.07, 6.45) is 2.09. The Labute approximate surface area is 89.0 Å². The molecule has 0 aliphatic heterocycles. The van der Waals surface area contributed by atoms with Gasteiger partial charge in [0.1, 0.15) is 0 Å². The molecule has 69 valence electrons. The lowest BCUT2D eigenvalue weighted by molar-refractivity contribution is 1.46. The Balaban J connectivity index is 2.34. The van der Waals surface area contributed by atoms with E-state index in [2.05, 4.69) is 48.7 Å². The summed E-state index contributed by atoms with van der Waals surface area (Å²) < 4.78 is 0. The molecule has 2 aromatic rings. The van der Waals surface area contributed by atoms with Crippen LogP contribution in [0.1, 0.15) is 0 Å². The van der Waals surface area contributed by atoms with Gasteiger partial charge in [-0.3, -0.25) is 0 Å². The maximum atomic E-state index is 3.02. The average molecular weight is 199 g/mol. The average Bonchev–Trinajstić information content (AvgIpc) is 2.30. The fraction of sp³-hybridized carbons (Fsp3) is 0.0769. The van der Waals surface area contributed by atoms with Gasteiger partial charge in [0.2, 0.25) is 0 Å². The van der Waals surface area contributed by atoms with Crippen LogP contribution in [0.3, 0.4) is 0 Å². The highest BCUT2D eigenvalue weighted by Gasteiger charge is 1.95. The van der Waals surface area contributed by atoms with E-state index in [0.29, 0.717) is 0 Å². The molecule has 2 rings (SSSR count). The van der Waals surface area contributed by atoms with Crippen molar-refractivity contribution in [3.8, 4) is 11.1 Å². The molecular weight excluding hydrogens is 188 g/mol. The van der Waals surface area contributed by atoms with Crippen LogP contribution in [0.15, 0.2) is 53.4 Å². The van der Waals surface area contributed by atoms with Gasteiger partial charge in [-0.1, -0.05) is 36.4 Å². The standard InChI is InChI=1S/C13H11S/c1-14-13-9-7-12(8-10-13)11-5-3-2-4-6-11/h3-10H,1H3. The maximum Gasteiger partial charge on any atom is 0.00695 e. The molecule has 0 nitrogen and oxygen atoms in total. The molecule has 0 aromatic heterocycles. The van der Waals surface area contributed by atoms with Crippen LogP contribution < -0.4 is 0 Å². The van der Waals surface area contributed by atoms with Gasteiger partial charge in [0.25, 0.3) is 0 Å². The van der Waals surface area contributed by atoms with E-state index < -0.39 is 0 Å². The maximum absolute atomic E-state index is 3.02. The second-order valence-corrected chi connectivity index (χ2v) is 3.90. The van der Waals surface area contributed by atoms with Gasteiger partial charge in [0, 0.05) is 4.90 Å². The minimum absolute atomic E-state index is 1.25. The molecule has 0 bridgehead atoms. The van der Waals surface area contributed by atoms with E-state index in [4.69, 9.17) is 0 Å². The van der Waals surface area contributed by atoms with E-state index in [-0.39, 0.29) is 0 Å². The summed E-state index contributed by atoms with van der Waals surface area (Å²) in [5, 5.41) is 0. The van der Waals surface area contributed by atoms with Crippen LogP contribution in [0, 0.1) is 6.07 Å². The molecule has 0 atom stereocenters. The van der Waals surface area contributed by atoms with Crippen LogP contribution in [0.25, 0.3) is 11.1 Å². The van der Waals surface area contributed by atoms with Crippen LogP contribution in [0.4, 0.5) is 0 Å². The van der Waals surface area contributed by atoms with Gasteiger partial charge in [0.05, 0.1) is 0 Å². The number of hydrogen-bond donors (Lipinski definition) is 0. The lowest BCUT2D eigenvalue weighted by atomic mass is 10.1. The van der Waals surface area contributed by atoms with Crippen molar-refractivity contribution in [1.82, 2.24) is 0 Å². The van der Waals surface area contributed by atoms with Crippen LogP contribution in [0.5, 0.6) is 0 Å². The Hall–Kier alpha value is -1.21. The first-order chi connectivity index (χ1) is 6.90. The predicted molar refractivity (Wildman–Crippen MR) is 62.5 cm³/mol. The van der Waals surface area contributed by atoms with Crippen molar-refractivity contribution in [1.29, 1.82) is 0 Å². The summed E-state index contributed by atoms with van der Waals surface area (Å²) in [6, 6.07) is 19.7. The van der Waals surface area contributed by atoms with E-state index in [9.17, 15) is 0 Å². The lowest BCUT2D eigenvalue weighted by Crippen LogP contribution is -1.76. The highest BCUT2D eigenvalue weighted by atomic mass is 32.2. The number of rotatable bonds is 2. The zero-order valence-corrected chi connectivity index (χ0v) is 8.84. The molecule has 0 aliphatic carbocycles. The Morgan fingerprint density at radius 2 is 1.43 bits per heavy atom. The summed E-state index contributed by atoms with van der Waals surface area (Å²) >= 11 is 1.77. The van der Waals surface area contributed by atoms with Crippen molar-refractivity contribution >= 4 is 11.8 Å². The number of hydrogen-bond acceptors (Lipinski definition) is 1. The topological polar surface area (TPSA) is 0 Å². The monoisotopic (exact) mass is 199 g/mol. The first kappa shape index (κ1) is 9.35. The van der Waals surface area contributed by atoms with Crippen LogP contribution in [-0.2, 0) is 0 Å². The van der Waals surface area contributed by atoms with E-state index >= 15 is 0 Å². The fourth-order valence-corrected chi connectivity index (χ4v) is 1.77. The molecular formula is C13H11S. The van der Waals surface area contributed by atoms with Crippen LogP contribution in [-0.4, -0.2) is 6.26 Å². The minimum atomic E-state index is 1.25. The highest BCUT2D eigenvalue weighted by Crippen LogP contribution is 2.22. The van der Waals surface area contributed by atoms with E-state index in [1.165, 1.54) is 16.0 Å². The van der Waals surface area contributed by atoms with Crippen LogP contribution in [0.2, 0.25) is 0 Å². The van der Waals surface area contributed by atoms with Crippen molar-refractivity contribution in [2.75, 3.05) is 6.26 Å². The molecule has 0 N–H and O–H groups in total. The van der Waals surface area contributed by atoms with E-state index in [0.717, 1.165) is 0 Å². The first-order valence-electron chi connectivity index (χ1n) is 4.51. The molecule has 0 spiro atoms. The summed E-state index contributed by atoms with van der Waals surface area (Å²) in [6.45, 7) is 0. The second kappa shape index (κ2) is 4.34. The fourth-order valence-electron chi connectivity index (χ4n) is 1.36. The number of thioether (sulfide) groups is 1. The van der Waals surface area contributed by atoms with Crippen molar-refractivity contribution in [3.05, 3.63) is 54.6 Å². The smallest absolute Gasteiger partial charge is 0.00695 e.